The number of hydrogen-bond donors (Lipinski definition) is 2. The van der Waals surface area contributed by atoms with E-state index in [0.717, 1.165) is 38.1 Å². The highest BCUT2D eigenvalue weighted by atomic mass is 79.9. The molecule has 0 unspecified atom stereocenters. The highest BCUT2D eigenvalue weighted by Crippen LogP contribution is 2.25. The van der Waals surface area contributed by atoms with E-state index in [0.29, 0.717) is 16.6 Å². The topological polar surface area (TPSA) is 78.5 Å². The molecular weight excluding hydrogens is 442 g/mol. The van der Waals surface area contributed by atoms with Crippen LogP contribution in [0, 0.1) is 5.92 Å². The van der Waals surface area contributed by atoms with Crippen LogP contribution in [0.15, 0.2) is 27.6 Å². The molecule has 0 atom stereocenters. The summed E-state index contributed by atoms with van der Waals surface area (Å²) in [6.45, 7) is 6.33. The number of unbranched alkanes of at least 4 members (excludes halogenated alkanes) is 1. The zero-order valence-electron chi connectivity index (χ0n) is 16.4. The number of halogens is 1. The first-order valence-electron chi connectivity index (χ1n) is 10.2. The van der Waals surface area contributed by atoms with E-state index in [4.69, 9.17) is 0 Å². The van der Waals surface area contributed by atoms with Crippen molar-refractivity contribution in [2.45, 2.75) is 56.4 Å². The third-order valence-electron chi connectivity index (χ3n) is 5.45. The zero-order valence-corrected chi connectivity index (χ0v) is 18.8. The molecule has 1 heterocycles. The maximum Gasteiger partial charge on any atom is 0.252 e. The molecule has 28 heavy (non-hydrogen) atoms. The minimum absolute atomic E-state index is 0.0361. The Kier molecular flexibility index (Phi) is 7.53. The first-order chi connectivity index (χ1) is 13.3. The lowest BCUT2D eigenvalue weighted by Crippen LogP contribution is -2.34. The number of hydrogen-bond acceptors (Lipinski definition) is 4. The van der Waals surface area contributed by atoms with Gasteiger partial charge in [-0.2, -0.15) is 0 Å². The Morgan fingerprint density at radius 3 is 2.57 bits per heavy atom. The fourth-order valence-electron chi connectivity index (χ4n) is 3.38. The van der Waals surface area contributed by atoms with Crippen LogP contribution in [-0.2, 0) is 10.0 Å². The van der Waals surface area contributed by atoms with Crippen molar-refractivity contribution >= 4 is 31.9 Å². The monoisotopic (exact) mass is 471 g/mol. The van der Waals surface area contributed by atoms with Crippen LogP contribution >= 0.6 is 15.9 Å². The van der Waals surface area contributed by atoms with E-state index in [2.05, 4.69) is 37.8 Å². The predicted octanol–water partition coefficient (Wildman–Crippen LogP) is 3.13. The van der Waals surface area contributed by atoms with Crippen LogP contribution in [0.25, 0.3) is 0 Å². The van der Waals surface area contributed by atoms with Crippen molar-refractivity contribution in [2.75, 3.05) is 26.2 Å². The molecule has 3 rings (SSSR count). The van der Waals surface area contributed by atoms with Crippen molar-refractivity contribution in [1.29, 1.82) is 0 Å². The van der Waals surface area contributed by atoms with Crippen LogP contribution < -0.4 is 10.0 Å². The van der Waals surface area contributed by atoms with Gasteiger partial charge in [-0.05, 0) is 98.2 Å². The molecular formula is C20H30BrN3O3S. The third-order valence-corrected chi connectivity index (χ3v) is 7.66. The molecule has 156 valence electrons. The first-order valence-corrected chi connectivity index (χ1v) is 12.5. The van der Waals surface area contributed by atoms with Gasteiger partial charge in [-0.15, -0.1) is 0 Å². The van der Waals surface area contributed by atoms with Crippen molar-refractivity contribution in [3.8, 4) is 0 Å². The van der Waals surface area contributed by atoms with Gasteiger partial charge in [-0.25, -0.2) is 13.1 Å². The summed E-state index contributed by atoms with van der Waals surface area (Å²) in [6.07, 6.45) is 6.27. The quantitative estimate of drug-likeness (QED) is 0.542. The molecule has 1 aliphatic carbocycles. The average molecular weight is 472 g/mol. The first kappa shape index (κ1) is 21.7. The summed E-state index contributed by atoms with van der Waals surface area (Å²) in [4.78, 5) is 15.1. The number of likely N-dealkylation sites (tertiary alicyclic amines) is 1. The van der Waals surface area contributed by atoms with E-state index in [1.807, 2.05) is 0 Å². The van der Waals surface area contributed by atoms with Gasteiger partial charge in [0.25, 0.3) is 5.91 Å². The number of benzene rings is 1. The molecule has 1 saturated heterocycles. The van der Waals surface area contributed by atoms with Crippen LogP contribution in [0.4, 0.5) is 0 Å². The Hall–Kier alpha value is -0.960. The number of rotatable bonds is 9. The van der Waals surface area contributed by atoms with Crippen LogP contribution in [0.2, 0.25) is 0 Å². The fraction of sp³-hybridized carbons (Fsp3) is 0.650. The molecule has 0 spiro atoms. The molecule has 2 aliphatic rings. The van der Waals surface area contributed by atoms with Gasteiger partial charge >= 0.3 is 0 Å². The lowest BCUT2D eigenvalue weighted by atomic mass is 9.99. The second-order valence-electron chi connectivity index (χ2n) is 8.02. The SMILES string of the molecule is CC1CCN(CCCCNC(=O)c2cc(S(=O)(=O)NC3CC3)ccc2Br)CC1. The van der Waals surface area contributed by atoms with Gasteiger partial charge in [0.15, 0.2) is 0 Å². The van der Waals surface area contributed by atoms with E-state index < -0.39 is 10.0 Å². The van der Waals surface area contributed by atoms with Crippen molar-refractivity contribution in [3.63, 3.8) is 0 Å². The Morgan fingerprint density at radius 1 is 1.18 bits per heavy atom. The molecule has 1 aromatic rings. The largest absolute Gasteiger partial charge is 0.352 e. The summed E-state index contributed by atoms with van der Waals surface area (Å²) in [7, 11) is -3.57. The van der Waals surface area contributed by atoms with E-state index in [1.165, 1.54) is 38.1 Å². The maximum atomic E-state index is 12.5. The molecule has 1 amide bonds. The molecule has 0 radical (unpaired) electrons. The van der Waals surface area contributed by atoms with Crippen molar-refractivity contribution < 1.29 is 13.2 Å². The van der Waals surface area contributed by atoms with Gasteiger partial charge in [-0.1, -0.05) is 6.92 Å². The molecule has 8 heteroatoms. The Bertz CT molecular complexity index is 788. The number of amides is 1. The van der Waals surface area contributed by atoms with Crippen molar-refractivity contribution in [2.24, 2.45) is 5.92 Å². The molecule has 6 nitrogen and oxygen atoms in total. The van der Waals surface area contributed by atoms with Crippen LogP contribution in [0.1, 0.15) is 55.8 Å². The zero-order chi connectivity index (χ0) is 20.1. The smallest absolute Gasteiger partial charge is 0.252 e. The highest BCUT2D eigenvalue weighted by Gasteiger charge is 2.28. The van der Waals surface area contributed by atoms with E-state index in [-0.39, 0.29) is 16.8 Å². The van der Waals surface area contributed by atoms with Crippen LogP contribution in [-0.4, -0.2) is 51.4 Å². The highest BCUT2D eigenvalue weighted by molar-refractivity contribution is 9.10. The molecule has 0 bridgehead atoms. The number of nitrogens with zero attached hydrogens (tertiary/aromatic N) is 1. The molecule has 2 N–H and O–H groups in total. The van der Waals surface area contributed by atoms with Gasteiger partial charge in [0.1, 0.15) is 0 Å². The Balaban J connectivity index is 1.46. The summed E-state index contributed by atoms with van der Waals surface area (Å²) in [6, 6.07) is 4.62. The number of carbonyl (C=O) groups excluding carboxylic acids is 1. The average Bonchev–Trinajstić information content (AvgIpc) is 3.46. The molecule has 1 aliphatic heterocycles. The summed E-state index contributed by atoms with van der Waals surface area (Å²) in [5.74, 6) is 0.593. The van der Waals surface area contributed by atoms with Crippen molar-refractivity contribution in [1.82, 2.24) is 14.9 Å². The lowest BCUT2D eigenvalue weighted by molar-refractivity contribution is 0.0951. The van der Waals surface area contributed by atoms with Gasteiger partial charge in [0.2, 0.25) is 10.0 Å². The minimum atomic E-state index is -3.57. The second kappa shape index (κ2) is 9.69. The van der Waals surface area contributed by atoms with E-state index in [9.17, 15) is 13.2 Å². The standard InChI is InChI=1S/C20H30BrN3O3S/c1-15-8-12-24(13-9-15)11-3-2-10-22-20(25)18-14-17(6-7-19(18)21)28(26,27)23-16-4-5-16/h6-7,14-16,23H,2-5,8-13H2,1H3,(H,22,25). The molecule has 1 saturated carbocycles. The molecule has 1 aromatic carbocycles. The number of piperidine rings is 1. The van der Waals surface area contributed by atoms with Gasteiger partial charge < -0.3 is 10.2 Å². The minimum Gasteiger partial charge on any atom is -0.352 e. The van der Waals surface area contributed by atoms with Crippen LogP contribution in [0.3, 0.4) is 0 Å². The predicted molar refractivity (Wildman–Crippen MR) is 114 cm³/mol. The lowest BCUT2D eigenvalue weighted by Gasteiger charge is -2.30. The fourth-order valence-corrected chi connectivity index (χ4v) is 5.13. The summed E-state index contributed by atoms with van der Waals surface area (Å²) >= 11 is 3.36. The molecule has 0 aromatic heterocycles. The summed E-state index contributed by atoms with van der Waals surface area (Å²) in [5.41, 5.74) is 0.351. The van der Waals surface area contributed by atoms with E-state index in [1.54, 1.807) is 6.07 Å². The van der Waals surface area contributed by atoms with Gasteiger partial charge in [-0.3, -0.25) is 4.79 Å². The normalized spacial score (nSPS) is 18.9. The van der Waals surface area contributed by atoms with Crippen molar-refractivity contribution in [3.05, 3.63) is 28.2 Å². The molecule has 2 fully saturated rings. The maximum absolute atomic E-state index is 12.5. The van der Waals surface area contributed by atoms with Crippen LogP contribution in [0.5, 0.6) is 0 Å². The number of nitrogens with one attached hydrogen (secondary N) is 2. The number of carbonyl (C=O) groups is 1. The summed E-state index contributed by atoms with van der Waals surface area (Å²) < 4.78 is 28.0. The third kappa shape index (κ3) is 6.27. The second-order valence-corrected chi connectivity index (χ2v) is 10.6. The summed E-state index contributed by atoms with van der Waals surface area (Å²) in [5, 5.41) is 2.91. The number of sulfonamides is 1. The Morgan fingerprint density at radius 2 is 1.89 bits per heavy atom. The van der Waals surface area contributed by atoms with Gasteiger partial charge in [0.05, 0.1) is 10.5 Å². The van der Waals surface area contributed by atoms with Gasteiger partial charge in [0, 0.05) is 17.1 Å². The van der Waals surface area contributed by atoms with E-state index >= 15 is 0 Å². The Labute approximate surface area is 176 Å².